The molecule has 0 atom stereocenters. The maximum Gasteiger partial charge on any atom is 0.309 e. The fourth-order valence-electron chi connectivity index (χ4n) is 1.26. The smallest absolute Gasteiger partial charge is 0.309 e. The van der Waals surface area contributed by atoms with Crippen LogP contribution in [0.2, 0.25) is 0 Å². The molecule has 0 saturated heterocycles. The molecule has 2 aromatic rings. The number of nitrogens with zero attached hydrogens (tertiary/aromatic N) is 1. The molecule has 88 valence electrons. The maximum absolute atomic E-state index is 10.5. The highest BCUT2D eigenvalue weighted by Crippen LogP contribution is 2.22. The summed E-state index contributed by atoms with van der Waals surface area (Å²) in [4.78, 5) is 14.7. The Morgan fingerprint density at radius 1 is 1.41 bits per heavy atom. The molecule has 0 spiro atoms. The highest BCUT2D eigenvalue weighted by Gasteiger charge is 2.06. The first-order valence-electron chi connectivity index (χ1n) is 4.82. The van der Waals surface area contributed by atoms with Gasteiger partial charge < -0.3 is 10.4 Å². The molecule has 0 aliphatic carbocycles. The Labute approximate surface area is 110 Å². The van der Waals surface area contributed by atoms with Crippen molar-refractivity contribution >= 4 is 44.1 Å². The van der Waals surface area contributed by atoms with E-state index in [4.69, 9.17) is 5.11 Å². The van der Waals surface area contributed by atoms with Crippen molar-refractivity contribution in [3.63, 3.8) is 0 Å². The van der Waals surface area contributed by atoms with Crippen molar-refractivity contribution in [2.75, 3.05) is 5.32 Å². The molecule has 0 aliphatic heterocycles. The van der Waals surface area contributed by atoms with Crippen molar-refractivity contribution in [2.24, 2.45) is 0 Å². The number of carbonyl (C=O) groups is 1. The van der Waals surface area contributed by atoms with Gasteiger partial charge in [0.1, 0.15) is 0 Å². The van der Waals surface area contributed by atoms with Crippen molar-refractivity contribution in [1.29, 1.82) is 0 Å². The Morgan fingerprint density at radius 3 is 2.76 bits per heavy atom. The highest BCUT2D eigenvalue weighted by molar-refractivity contribution is 9.10. The van der Waals surface area contributed by atoms with Gasteiger partial charge in [-0.25, -0.2) is 4.98 Å². The van der Waals surface area contributed by atoms with E-state index in [0.29, 0.717) is 10.8 Å². The van der Waals surface area contributed by atoms with Crippen molar-refractivity contribution in [2.45, 2.75) is 6.42 Å². The molecular formula is C11H9BrN2O2S. The number of hydrogen-bond acceptors (Lipinski definition) is 4. The lowest BCUT2D eigenvalue weighted by atomic mass is 10.3. The van der Waals surface area contributed by atoms with Crippen LogP contribution in [-0.4, -0.2) is 16.1 Å². The number of thiazole rings is 1. The Kier molecular flexibility index (Phi) is 3.75. The molecule has 0 bridgehead atoms. The molecule has 2 N–H and O–H groups in total. The van der Waals surface area contributed by atoms with E-state index >= 15 is 0 Å². The number of nitrogens with one attached hydrogen (secondary N) is 1. The van der Waals surface area contributed by atoms with Crippen LogP contribution >= 0.6 is 27.3 Å². The van der Waals surface area contributed by atoms with E-state index in [0.717, 1.165) is 10.2 Å². The molecule has 2 rings (SSSR count). The van der Waals surface area contributed by atoms with Crippen LogP contribution in [0.15, 0.2) is 34.1 Å². The number of carboxylic acids is 1. The standard InChI is InChI=1S/C11H9BrN2O2S/c12-7-1-3-8(4-2-7)13-11-14-9(6-17-11)5-10(15)16/h1-4,6H,5H2,(H,13,14)(H,15,16). The lowest BCUT2D eigenvalue weighted by Crippen LogP contribution is -2.00. The lowest BCUT2D eigenvalue weighted by Gasteiger charge is -2.01. The van der Waals surface area contributed by atoms with Crippen molar-refractivity contribution in [1.82, 2.24) is 4.98 Å². The highest BCUT2D eigenvalue weighted by atomic mass is 79.9. The number of halogens is 1. The van der Waals surface area contributed by atoms with Crippen LogP contribution < -0.4 is 5.32 Å². The Balaban J connectivity index is 2.06. The molecule has 0 aliphatic rings. The summed E-state index contributed by atoms with van der Waals surface area (Å²) >= 11 is 4.75. The average molecular weight is 313 g/mol. The molecule has 1 heterocycles. The quantitative estimate of drug-likeness (QED) is 0.909. The SMILES string of the molecule is O=C(O)Cc1csc(Nc2ccc(Br)cc2)n1. The van der Waals surface area contributed by atoms with Gasteiger partial charge >= 0.3 is 5.97 Å². The van der Waals surface area contributed by atoms with E-state index in [1.807, 2.05) is 24.3 Å². The predicted molar refractivity (Wildman–Crippen MR) is 70.9 cm³/mol. The minimum absolute atomic E-state index is 0.0431. The second-order valence-electron chi connectivity index (χ2n) is 3.35. The number of hydrogen-bond donors (Lipinski definition) is 2. The summed E-state index contributed by atoms with van der Waals surface area (Å²) < 4.78 is 1.01. The molecule has 1 aromatic carbocycles. The third-order valence-electron chi connectivity index (χ3n) is 1.98. The zero-order chi connectivity index (χ0) is 12.3. The number of carboxylic acid groups (broad SMARTS) is 1. The molecule has 4 nitrogen and oxygen atoms in total. The average Bonchev–Trinajstić information content (AvgIpc) is 2.68. The molecule has 17 heavy (non-hydrogen) atoms. The lowest BCUT2D eigenvalue weighted by molar-refractivity contribution is -0.136. The molecule has 0 saturated carbocycles. The Hall–Kier alpha value is -1.40. The molecule has 0 unspecified atom stereocenters. The summed E-state index contributed by atoms with van der Waals surface area (Å²) in [6.45, 7) is 0. The zero-order valence-electron chi connectivity index (χ0n) is 8.68. The van der Waals surface area contributed by atoms with E-state index in [-0.39, 0.29) is 6.42 Å². The van der Waals surface area contributed by atoms with Crippen molar-refractivity contribution in [3.8, 4) is 0 Å². The summed E-state index contributed by atoms with van der Waals surface area (Å²) in [7, 11) is 0. The van der Waals surface area contributed by atoms with Crippen LogP contribution in [0.3, 0.4) is 0 Å². The summed E-state index contributed by atoms with van der Waals surface area (Å²) in [5, 5.41) is 14.2. The number of rotatable bonds is 4. The second kappa shape index (κ2) is 5.29. The number of benzene rings is 1. The first kappa shape index (κ1) is 12.1. The largest absolute Gasteiger partial charge is 0.481 e. The summed E-state index contributed by atoms with van der Waals surface area (Å²) in [5.41, 5.74) is 1.49. The van der Waals surface area contributed by atoms with Crippen molar-refractivity contribution < 1.29 is 9.90 Å². The number of anilines is 2. The van der Waals surface area contributed by atoms with Crippen LogP contribution in [0, 0.1) is 0 Å². The van der Waals surface area contributed by atoms with Gasteiger partial charge in [-0.05, 0) is 24.3 Å². The molecule has 6 heteroatoms. The predicted octanol–water partition coefficient (Wildman–Crippen LogP) is 3.28. The fraction of sp³-hybridized carbons (Fsp3) is 0.0909. The van der Waals surface area contributed by atoms with Gasteiger partial charge in [-0.1, -0.05) is 15.9 Å². The van der Waals surface area contributed by atoms with Gasteiger partial charge in [0.05, 0.1) is 12.1 Å². The van der Waals surface area contributed by atoms with Crippen molar-refractivity contribution in [3.05, 3.63) is 39.8 Å². The molecule has 0 amide bonds. The van der Waals surface area contributed by atoms with E-state index < -0.39 is 5.97 Å². The fourth-order valence-corrected chi connectivity index (χ4v) is 2.25. The minimum atomic E-state index is -0.870. The molecule has 0 fully saturated rings. The van der Waals surface area contributed by atoms with E-state index in [1.165, 1.54) is 11.3 Å². The van der Waals surface area contributed by atoms with Crippen LogP contribution in [0.1, 0.15) is 5.69 Å². The molecular weight excluding hydrogens is 304 g/mol. The third-order valence-corrected chi connectivity index (χ3v) is 3.31. The van der Waals surface area contributed by atoms with E-state index in [1.54, 1.807) is 5.38 Å². The van der Waals surface area contributed by atoms with E-state index in [9.17, 15) is 4.79 Å². The second-order valence-corrected chi connectivity index (χ2v) is 5.12. The van der Waals surface area contributed by atoms with Gasteiger partial charge in [-0.3, -0.25) is 4.79 Å². The van der Waals surface area contributed by atoms with E-state index in [2.05, 4.69) is 26.2 Å². The number of aliphatic carboxylic acids is 1. The minimum Gasteiger partial charge on any atom is -0.481 e. The molecule has 1 aromatic heterocycles. The third kappa shape index (κ3) is 3.54. The van der Waals surface area contributed by atoms with Gasteiger partial charge in [-0.15, -0.1) is 11.3 Å². The van der Waals surface area contributed by atoms with Gasteiger partial charge in [0.2, 0.25) is 0 Å². The maximum atomic E-state index is 10.5. The van der Waals surface area contributed by atoms with Gasteiger partial charge in [0.15, 0.2) is 5.13 Å². The summed E-state index contributed by atoms with van der Waals surface area (Å²) in [6, 6.07) is 7.69. The Bertz CT molecular complexity index is 525. The van der Waals surface area contributed by atoms with Gasteiger partial charge in [0, 0.05) is 15.5 Å². The topological polar surface area (TPSA) is 62.2 Å². The van der Waals surface area contributed by atoms with Crippen LogP contribution in [0.4, 0.5) is 10.8 Å². The molecule has 0 radical (unpaired) electrons. The zero-order valence-corrected chi connectivity index (χ0v) is 11.1. The Morgan fingerprint density at radius 2 is 2.12 bits per heavy atom. The van der Waals surface area contributed by atoms with Crippen LogP contribution in [0.25, 0.3) is 0 Å². The number of aromatic nitrogens is 1. The van der Waals surface area contributed by atoms with Crippen LogP contribution in [-0.2, 0) is 11.2 Å². The normalized spacial score (nSPS) is 10.2. The first-order chi connectivity index (χ1) is 8.13. The monoisotopic (exact) mass is 312 g/mol. The summed E-state index contributed by atoms with van der Waals surface area (Å²) in [5.74, 6) is -0.870. The van der Waals surface area contributed by atoms with Gasteiger partial charge in [-0.2, -0.15) is 0 Å². The van der Waals surface area contributed by atoms with Crippen LogP contribution in [0.5, 0.6) is 0 Å². The van der Waals surface area contributed by atoms with Gasteiger partial charge in [0.25, 0.3) is 0 Å². The first-order valence-corrected chi connectivity index (χ1v) is 6.49. The summed E-state index contributed by atoms with van der Waals surface area (Å²) in [6.07, 6.45) is -0.0431.